The van der Waals surface area contributed by atoms with E-state index in [-0.39, 0.29) is 23.5 Å². The molecule has 8 N–H and O–H groups in total. The summed E-state index contributed by atoms with van der Waals surface area (Å²) in [5, 5.41) is 10.1. The zero-order valence-corrected chi connectivity index (χ0v) is 17.7. The summed E-state index contributed by atoms with van der Waals surface area (Å²) in [5.74, 6) is -0.193. The number of aromatic nitrogens is 4. The largest absolute Gasteiger partial charge is 0.490 e. The fraction of sp³-hybridized carbons (Fsp3) is 0.500. The highest BCUT2D eigenvalue weighted by Gasteiger charge is 2.43. The molecule has 3 heterocycles. The molecule has 0 saturated carbocycles. The molecule has 2 aromatic heterocycles. The third-order valence-electron chi connectivity index (χ3n) is 3.78. The minimum absolute atomic E-state index is 0.0481. The number of anilines is 1. The summed E-state index contributed by atoms with van der Waals surface area (Å²) >= 11 is 0. The molecule has 2 aromatic rings. The smallest absolute Gasteiger partial charge is 0.390 e. The summed E-state index contributed by atoms with van der Waals surface area (Å²) < 4.78 is 52.1. The van der Waals surface area contributed by atoms with Gasteiger partial charge in [-0.15, -0.1) is 0 Å². The number of nitrogen functional groups attached to an aromatic ring is 1. The van der Waals surface area contributed by atoms with E-state index in [0.29, 0.717) is 0 Å². The van der Waals surface area contributed by atoms with Crippen molar-refractivity contribution in [3.8, 4) is 0 Å². The van der Waals surface area contributed by atoms with E-state index >= 15 is 0 Å². The average Bonchev–Trinajstić information content (AvgIpc) is 3.13. The summed E-state index contributed by atoms with van der Waals surface area (Å²) in [6.07, 6.45) is -2.36. The van der Waals surface area contributed by atoms with Crippen molar-refractivity contribution in [1.82, 2.24) is 19.5 Å². The number of phosphoric ester groups is 1. The van der Waals surface area contributed by atoms with E-state index in [2.05, 4.69) is 28.1 Å². The van der Waals surface area contributed by atoms with Crippen molar-refractivity contribution in [2.45, 2.75) is 24.9 Å². The number of nitrogens with two attached hydrogens (primary N) is 1. The van der Waals surface area contributed by atoms with Crippen molar-refractivity contribution in [3.05, 3.63) is 16.7 Å². The maximum Gasteiger partial charge on any atom is 0.490 e. The molecular formula is C10H16N5O13P3. The van der Waals surface area contributed by atoms with E-state index in [4.69, 9.17) is 25.2 Å². The Morgan fingerprint density at radius 3 is 2.55 bits per heavy atom. The molecule has 0 aliphatic carbocycles. The van der Waals surface area contributed by atoms with Gasteiger partial charge in [-0.3, -0.25) is 18.9 Å². The molecule has 0 radical (unpaired) electrons. The van der Waals surface area contributed by atoms with Gasteiger partial charge in [0.1, 0.15) is 12.3 Å². The van der Waals surface area contributed by atoms with E-state index in [1.54, 1.807) is 0 Å². The Morgan fingerprint density at radius 2 is 1.90 bits per heavy atom. The normalized spacial score (nSPS) is 26.0. The number of rotatable bonds is 8. The van der Waals surface area contributed by atoms with Crippen LogP contribution in [0.25, 0.3) is 11.2 Å². The van der Waals surface area contributed by atoms with Gasteiger partial charge >= 0.3 is 23.5 Å². The fourth-order valence-corrected chi connectivity index (χ4v) is 5.69. The molecule has 31 heavy (non-hydrogen) atoms. The first kappa shape index (κ1) is 24.1. The zero-order valence-electron chi connectivity index (χ0n) is 15.0. The molecule has 4 unspecified atom stereocenters. The lowest BCUT2D eigenvalue weighted by Gasteiger charge is -2.19. The molecule has 174 valence electrons. The number of aliphatic hydroxyl groups excluding tert-OH is 1. The van der Waals surface area contributed by atoms with E-state index in [1.807, 2.05) is 0 Å². The molecule has 1 aliphatic rings. The van der Waals surface area contributed by atoms with Crippen molar-refractivity contribution < 1.29 is 56.3 Å². The number of phosphoric acid groups is 3. The number of nitrogens with zero attached hydrogens (tertiary/aromatic N) is 3. The number of imidazole rings is 1. The number of aliphatic hydroxyl groups is 1. The van der Waals surface area contributed by atoms with Crippen LogP contribution in [0.4, 0.5) is 5.95 Å². The van der Waals surface area contributed by atoms with Crippen LogP contribution in [0.15, 0.2) is 11.1 Å². The van der Waals surface area contributed by atoms with E-state index in [1.165, 1.54) is 10.9 Å². The number of H-pyrrole nitrogens is 1. The molecule has 3 rings (SSSR count). The third-order valence-corrected chi connectivity index (χ3v) is 7.59. The van der Waals surface area contributed by atoms with Crippen molar-refractivity contribution in [1.29, 1.82) is 0 Å². The van der Waals surface area contributed by atoms with E-state index < -0.39 is 54.1 Å². The molecule has 1 fully saturated rings. The molecule has 18 nitrogen and oxygen atoms in total. The number of hydrogen-bond donors (Lipinski definition) is 7. The summed E-state index contributed by atoms with van der Waals surface area (Å²) in [4.78, 5) is 57.5. The topological polar surface area (TPSA) is 279 Å². The first-order valence-electron chi connectivity index (χ1n) is 8.00. The highest BCUT2D eigenvalue weighted by Crippen LogP contribution is 2.66. The maximum absolute atomic E-state index is 11.8. The Morgan fingerprint density at radius 1 is 1.23 bits per heavy atom. The van der Waals surface area contributed by atoms with Crippen LogP contribution in [0.2, 0.25) is 0 Å². The monoisotopic (exact) mass is 507 g/mol. The lowest BCUT2D eigenvalue weighted by Crippen LogP contribution is -2.26. The van der Waals surface area contributed by atoms with E-state index in [0.717, 1.165) is 0 Å². The second-order valence-electron chi connectivity index (χ2n) is 6.09. The first-order valence-corrected chi connectivity index (χ1v) is 12.5. The lowest BCUT2D eigenvalue weighted by atomic mass is 10.2. The predicted octanol–water partition coefficient (Wildman–Crippen LogP) is -1.31. The predicted molar refractivity (Wildman–Crippen MR) is 96.9 cm³/mol. The number of nitrogens with one attached hydrogen (secondary N) is 1. The van der Waals surface area contributed by atoms with Crippen LogP contribution in [0.1, 0.15) is 12.6 Å². The van der Waals surface area contributed by atoms with Crippen LogP contribution >= 0.6 is 23.5 Å². The van der Waals surface area contributed by atoms with Crippen LogP contribution in [0, 0.1) is 0 Å². The van der Waals surface area contributed by atoms with Gasteiger partial charge in [0.25, 0.3) is 5.56 Å². The molecule has 0 spiro atoms. The number of aromatic amines is 1. The van der Waals surface area contributed by atoms with Crippen molar-refractivity contribution >= 4 is 40.6 Å². The SMILES string of the molecule is Nc1nc2c(ncn2C2C[C@@H](O)C(COP(=O)(O)OP(=O)(O)OP(=O)(O)O)O2)c(=O)[nH]1. The highest BCUT2D eigenvalue weighted by atomic mass is 31.3. The first-order chi connectivity index (χ1) is 14.2. The number of hydrogen-bond acceptors (Lipinski definition) is 12. The Kier molecular flexibility index (Phi) is 6.57. The number of fused-ring (bicyclic) bond motifs is 1. The molecule has 0 aromatic carbocycles. The molecule has 5 atom stereocenters. The second kappa shape index (κ2) is 8.44. The van der Waals surface area contributed by atoms with Gasteiger partial charge in [0.05, 0.1) is 19.0 Å². The molecule has 1 aliphatic heterocycles. The van der Waals surface area contributed by atoms with Crippen LogP contribution < -0.4 is 11.3 Å². The van der Waals surface area contributed by atoms with Crippen LogP contribution in [-0.4, -0.2) is 63.0 Å². The standard InChI is InChI=1S/C10H16N5O13P3/c11-10-13-8-7(9(17)14-10)12-3-15(8)6-1-4(16)5(26-6)2-25-30(21,22)28-31(23,24)27-29(18,19)20/h3-6,16H,1-2H2,(H,21,22)(H,23,24)(H2,18,19,20)(H3,11,13,14,17)/t4-,5?,6?/m1/s1. The lowest BCUT2D eigenvalue weighted by molar-refractivity contribution is -0.0423. The highest BCUT2D eigenvalue weighted by molar-refractivity contribution is 7.66. The molecule has 21 heteroatoms. The summed E-state index contributed by atoms with van der Waals surface area (Å²) in [6.45, 7) is -0.843. The van der Waals surface area contributed by atoms with Crippen molar-refractivity contribution in [3.63, 3.8) is 0 Å². The van der Waals surface area contributed by atoms with Crippen molar-refractivity contribution in [2.75, 3.05) is 12.3 Å². The zero-order chi connectivity index (χ0) is 23.2. The Hall–Kier alpha value is -1.52. The Balaban J connectivity index is 1.67. The average molecular weight is 507 g/mol. The van der Waals surface area contributed by atoms with E-state index in [9.17, 15) is 28.5 Å². The van der Waals surface area contributed by atoms with Gasteiger partial charge in [-0.2, -0.15) is 13.6 Å². The second-order valence-corrected chi connectivity index (χ2v) is 10.5. The van der Waals surface area contributed by atoms with Gasteiger partial charge in [-0.1, -0.05) is 0 Å². The van der Waals surface area contributed by atoms with Crippen molar-refractivity contribution in [2.24, 2.45) is 0 Å². The Labute approximate surface area is 171 Å². The van der Waals surface area contributed by atoms with Crippen LogP contribution in [0.5, 0.6) is 0 Å². The summed E-state index contributed by atoms with van der Waals surface area (Å²) in [5.41, 5.74) is 4.89. The van der Waals surface area contributed by atoms with Gasteiger partial charge in [-0.05, 0) is 0 Å². The summed E-state index contributed by atoms with van der Waals surface area (Å²) in [6, 6.07) is 0. The van der Waals surface area contributed by atoms with Gasteiger partial charge in [0, 0.05) is 6.42 Å². The van der Waals surface area contributed by atoms with Gasteiger partial charge in [0.15, 0.2) is 11.2 Å². The van der Waals surface area contributed by atoms with Gasteiger partial charge in [-0.25, -0.2) is 18.7 Å². The van der Waals surface area contributed by atoms with Gasteiger partial charge < -0.3 is 35.2 Å². The third kappa shape index (κ3) is 6.04. The molecule has 1 saturated heterocycles. The van der Waals surface area contributed by atoms with Gasteiger partial charge in [0.2, 0.25) is 5.95 Å². The minimum atomic E-state index is -5.67. The fourth-order valence-electron chi connectivity index (χ4n) is 2.66. The van der Waals surface area contributed by atoms with Crippen LogP contribution in [0.3, 0.4) is 0 Å². The van der Waals surface area contributed by atoms with Crippen LogP contribution in [-0.2, 0) is 31.6 Å². The molecule has 0 bridgehead atoms. The maximum atomic E-state index is 11.8. The summed E-state index contributed by atoms with van der Waals surface area (Å²) in [7, 11) is -16.6. The quantitative estimate of drug-likeness (QED) is 0.204. The number of ether oxygens (including phenoxy) is 1. The molecular weight excluding hydrogens is 491 g/mol. The Bertz CT molecular complexity index is 1170. The molecule has 0 amide bonds. The minimum Gasteiger partial charge on any atom is -0.390 e.